The summed E-state index contributed by atoms with van der Waals surface area (Å²) in [6, 6.07) is 17.9. The lowest BCUT2D eigenvalue weighted by molar-refractivity contribution is -0.132. The fourth-order valence-electron chi connectivity index (χ4n) is 4.45. The van der Waals surface area contributed by atoms with E-state index in [1.54, 1.807) is 48.5 Å². The molecule has 0 saturated carbocycles. The molecule has 1 heterocycles. The lowest BCUT2D eigenvalue weighted by Gasteiger charge is -2.26. The van der Waals surface area contributed by atoms with Gasteiger partial charge in [-0.25, -0.2) is 0 Å². The number of aliphatic hydroxyl groups is 1. The first-order valence-electron chi connectivity index (χ1n) is 11.6. The van der Waals surface area contributed by atoms with Gasteiger partial charge >= 0.3 is 5.97 Å². The van der Waals surface area contributed by atoms with Gasteiger partial charge in [0.15, 0.2) is 0 Å². The van der Waals surface area contributed by atoms with Crippen LogP contribution in [-0.2, 0) is 14.4 Å². The first kappa shape index (κ1) is 24.7. The van der Waals surface area contributed by atoms with Crippen molar-refractivity contribution in [2.24, 2.45) is 0 Å². The molecule has 184 valence electrons. The number of aryl methyl sites for hydroxylation is 2. The minimum absolute atomic E-state index is 0.0525. The van der Waals surface area contributed by atoms with Crippen LogP contribution in [0.2, 0.25) is 0 Å². The van der Waals surface area contributed by atoms with Gasteiger partial charge in [0, 0.05) is 18.2 Å². The van der Waals surface area contributed by atoms with E-state index in [4.69, 9.17) is 9.47 Å². The smallest absolute Gasteiger partial charge is 0.308 e. The average Bonchev–Trinajstić information content (AvgIpc) is 3.09. The molecule has 0 radical (unpaired) electrons. The first-order chi connectivity index (χ1) is 17.2. The zero-order valence-electron chi connectivity index (χ0n) is 20.6. The van der Waals surface area contributed by atoms with E-state index in [0.717, 1.165) is 11.1 Å². The summed E-state index contributed by atoms with van der Waals surface area (Å²) in [6.45, 7) is 7.46. The van der Waals surface area contributed by atoms with Gasteiger partial charge in [-0.1, -0.05) is 18.2 Å². The number of benzene rings is 3. The zero-order chi connectivity index (χ0) is 26.0. The van der Waals surface area contributed by atoms with Crippen molar-refractivity contribution in [2.45, 2.75) is 33.7 Å². The third-order valence-corrected chi connectivity index (χ3v) is 5.80. The Bertz CT molecular complexity index is 1350. The molecule has 1 saturated heterocycles. The normalized spacial score (nSPS) is 16.8. The summed E-state index contributed by atoms with van der Waals surface area (Å²) in [5, 5.41) is 11.3. The van der Waals surface area contributed by atoms with E-state index in [0.29, 0.717) is 29.2 Å². The highest BCUT2D eigenvalue weighted by molar-refractivity contribution is 6.51. The van der Waals surface area contributed by atoms with Gasteiger partial charge < -0.3 is 14.6 Å². The number of carbonyl (C=O) groups excluding carboxylic acids is 3. The number of esters is 1. The van der Waals surface area contributed by atoms with Crippen molar-refractivity contribution < 1.29 is 29.0 Å². The van der Waals surface area contributed by atoms with Crippen LogP contribution in [0.25, 0.3) is 5.76 Å². The second-order valence-electron chi connectivity index (χ2n) is 8.64. The van der Waals surface area contributed by atoms with E-state index in [1.165, 1.54) is 11.8 Å². The molecule has 4 rings (SSSR count). The zero-order valence-corrected chi connectivity index (χ0v) is 20.6. The lowest BCUT2D eigenvalue weighted by Crippen LogP contribution is -2.29. The Morgan fingerprint density at radius 2 is 1.61 bits per heavy atom. The third-order valence-electron chi connectivity index (χ3n) is 5.80. The Balaban J connectivity index is 1.92. The van der Waals surface area contributed by atoms with Crippen molar-refractivity contribution in [2.75, 3.05) is 11.5 Å². The van der Waals surface area contributed by atoms with Gasteiger partial charge in [0.2, 0.25) is 0 Å². The Kier molecular flexibility index (Phi) is 6.92. The number of rotatable bonds is 6. The van der Waals surface area contributed by atoms with E-state index < -0.39 is 23.7 Å². The monoisotopic (exact) mass is 485 g/mol. The molecule has 7 nitrogen and oxygen atoms in total. The highest BCUT2D eigenvalue weighted by Gasteiger charge is 2.47. The predicted octanol–water partition coefficient (Wildman–Crippen LogP) is 5.25. The van der Waals surface area contributed by atoms with Crippen LogP contribution in [0, 0.1) is 13.8 Å². The Morgan fingerprint density at radius 1 is 0.944 bits per heavy atom. The summed E-state index contributed by atoms with van der Waals surface area (Å²) in [5.41, 5.74) is 3.21. The molecule has 1 fully saturated rings. The van der Waals surface area contributed by atoms with Crippen molar-refractivity contribution in [3.05, 3.63) is 94.6 Å². The second kappa shape index (κ2) is 10.1. The Labute approximate surface area is 209 Å². The molecule has 3 aromatic carbocycles. The number of nitrogens with zero attached hydrogens (tertiary/aromatic N) is 1. The fourth-order valence-corrected chi connectivity index (χ4v) is 4.45. The molecule has 1 aliphatic rings. The van der Waals surface area contributed by atoms with Gasteiger partial charge in [-0.2, -0.15) is 0 Å². The summed E-state index contributed by atoms with van der Waals surface area (Å²) in [5.74, 6) is -1.46. The number of ketones is 1. The third kappa shape index (κ3) is 4.86. The number of hydrogen-bond donors (Lipinski definition) is 1. The summed E-state index contributed by atoms with van der Waals surface area (Å²) >= 11 is 0. The number of ether oxygens (including phenoxy) is 2. The van der Waals surface area contributed by atoms with Gasteiger partial charge in [-0.3, -0.25) is 19.3 Å². The topological polar surface area (TPSA) is 93.1 Å². The minimum atomic E-state index is -0.937. The van der Waals surface area contributed by atoms with Crippen molar-refractivity contribution in [3.63, 3.8) is 0 Å². The van der Waals surface area contributed by atoms with Crippen LogP contribution in [0.1, 0.15) is 42.1 Å². The maximum Gasteiger partial charge on any atom is 0.308 e. The predicted molar refractivity (Wildman–Crippen MR) is 136 cm³/mol. The van der Waals surface area contributed by atoms with E-state index in [2.05, 4.69) is 0 Å². The molecular weight excluding hydrogens is 458 g/mol. The maximum absolute atomic E-state index is 13.4. The van der Waals surface area contributed by atoms with Crippen LogP contribution in [0.3, 0.4) is 0 Å². The molecule has 7 heteroatoms. The molecule has 1 N–H and O–H groups in total. The van der Waals surface area contributed by atoms with E-state index in [1.807, 2.05) is 39.0 Å². The van der Waals surface area contributed by atoms with E-state index in [-0.39, 0.29) is 17.1 Å². The van der Waals surface area contributed by atoms with Crippen LogP contribution in [-0.4, -0.2) is 29.4 Å². The van der Waals surface area contributed by atoms with Crippen LogP contribution < -0.4 is 14.4 Å². The van der Waals surface area contributed by atoms with E-state index >= 15 is 0 Å². The van der Waals surface area contributed by atoms with Crippen molar-refractivity contribution in [1.82, 2.24) is 0 Å². The molecule has 0 aliphatic carbocycles. The van der Waals surface area contributed by atoms with Crippen LogP contribution in [0.5, 0.6) is 11.5 Å². The quantitative estimate of drug-likeness (QED) is 0.168. The Morgan fingerprint density at radius 3 is 2.22 bits per heavy atom. The molecule has 3 aromatic rings. The van der Waals surface area contributed by atoms with Crippen LogP contribution >= 0.6 is 0 Å². The number of carbonyl (C=O) groups is 3. The second-order valence-corrected chi connectivity index (χ2v) is 8.64. The molecule has 0 bridgehead atoms. The van der Waals surface area contributed by atoms with Gasteiger partial charge in [0.05, 0.1) is 18.2 Å². The highest BCUT2D eigenvalue weighted by atomic mass is 16.5. The number of anilines is 1. The number of hydrogen-bond acceptors (Lipinski definition) is 6. The maximum atomic E-state index is 13.4. The van der Waals surface area contributed by atoms with Crippen LogP contribution in [0.4, 0.5) is 5.69 Å². The summed E-state index contributed by atoms with van der Waals surface area (Å²) in [7, 11) is 0. The summed E-state index contributed by atoms with van der Waals surface area (Å²) in [6.07, 6.45) is 0. The van der Waals surface area contributed by atoms with E-state index in [9.17, 15) is 19.5 Å². The summed E-state index contributed by atoms with van der Waals surface area (Å²) in [4.78, 5) is 39.7. The SMILES string of the molecule is CCOc1ccc(/C(O)=C2\C(=O)C(=O)N(c3cc(C)cc(C)c3)C2c2cccc(OC(C)=O)c2)cc1. The lowest BCUT2D eigenvalue weighted by atomic mass is 9.94. The highest BCUT2D eigenvalue weighted by Crippen LogP contribution is 2.43. The molecule has 0 aromatic heterocycles. The molecule has 36 heavy (non-hydrogen) atoms. The molecule has 1 amide bonds. The average molecular weight is 486 g/mol. The molecule has 1 atom stereocenters. The minimum Gasteiger partial charge on any atom is -0.507 e. The van der Waals surface area contributed by atoms with Gasteiger partial charge in [-0.15, -0.1) is 0 Å². The van der Waals surface area contributed by atoms with Gasteiger partial charge in [0.25, 0.3) is 11.7 Å². The standard InChI is InChI=1S/C29H27NO6/c1-5-35-23-11-9-20(10-12-23)27(32)25-26(21-7-6-8-24(16-21)36-19(4)31)30(29(34)28(25)33)22-14-17(2)13-18(3)15-22/h6-16,26,32H,5H2,1-4H3/b27-25+. The van der Waals surface area contributed by atoms with Crippen molar-refractivity contribution >= 4 is 29.1 Å². The van der Waals surface area contributed by atoms with Crippen LogP contribution in [0.15, 0.2) is 72.3 Å². The largest absolute Gasteiger partial charge is 0.507 e. The number of amides is 1. The number of aliphatic hydroxyl groups excluding tert-OH is 1. The first-order valence-corrected chi connectivity index (χ1v) is 11.6. The fraction of sp³-hybridized carbons (Fsp3) is 0.207. The molecule has 1 unspecified atom stereocenters. The van der Waals surface area contributed by atoms with Gasteiger partial charge in [-0.05, 0) is 86.0 Å². The summed E-state index contributed by atoms with van der Waals surface area (Å²) < 4.78 is 10.7. The molecular formula is C29H27NO6. The van der Waals surface area contributed by atoms with Gasteiger partial charge in [0.1, 0.15) is 17.3 Å². The van der Waals surface area contributed by atoms with Crippen molar-refractivity contribution in [1.29, 1.82) is 0 Å². The number of Topliss-reactive ketones (excluding diaryl/α,β-unsaturated/α-hetero) is 1. The molecule has 1 aliphatic heterocycles. The Hall–Kier alpha value is -4.39. The molecule has 0 spiro atoms. The van der Waals surface area contributed by atoms with Crippen molar-refractivity contribution in [3.8, 4) is 11.5 Å².